The molecule has 2 heterocycles. The van der Waals surface area contributed by atoms with Gasteiger partial charge < -0.3 is 25.3 Å². The van der Waals surface area contributed by atoms with Crippen molar-refractivity contribution in [3.05, 3.63) is 22.1 Å². The fraction of sp³-hybridized carbons (Fsp3) is 0.636. The molecule has 1 aromatic heterocycles. The molecule has 1 aromatic rings. The molecular formula is C11H13F3N4O5. The van der Waals surface area contributed by atoms with Gasteiger partial charge in [-0.3, -0.25) is 4.79 Å². The molecular weight excluding hydrogens is 325 g/mol. The molecule has 2 atom stereocenters. The van der Waals surface area contributed by atoms with Crippen molar-refractivity contribution in [2.45, 2.75) is 31.3 Å². The lowest BCUT2D eigenvalue weighted by molar-refractivity contribution is -0.392. The highest BCUT2D eigenvalue weighted by atomic mass is 19.4. The van der Waals surface area contributed by atoms with Crippen LogP contribution in [0.15, 0.2) is 6.20 Å². The number of aromatic nitrogens is 2. The van der Waals surface area contributed by atoms with E-state index in [1.54, 1.807) is 0 Å². The lowest BCUT2D eigenvalue weighted by atomic mass is 10.1. The van der Waals surface area contributed by atoms with Crippen molar-refractivity contribution in [1.82, 2.24) is 14.9 Å². The third-order valence-electron chi connectivity index (χ3n) is 3.17. The summed E-state index contributed by atoms with van der Waals surface area (Å²) in [5.74, 6) is -2.88. The number of nitro groups is 1. The van der Waals surface area contributed by atoms with Crippen LogP contribution in [-0.4, -0.2) is 50.8 Å². The predicted molar refractivity (Wildman–Crippen MR) is 67.3 cm³/mol. The lowest BCUT2D eigenvalue weighted by Crippen LogP contribution is -2.46. The Morgan fingerprint density at radius 1 is 1.61 bits per heavy atom. The van der Waals surface area contributed by atoms with E-state index in [0.29, 0.717) is 12.7 Å². The molecule has 1 aliphatic rings. The van der Waals surface area contributed by atoms with E-state index in [1.165, 1.54) is 0 Å². The van der Waals surface area contributed by atoms with E-state index in [4.69, 9.17) is 4.74 Å². The number of ether oxygens (including phenoxy) is 1. The molecule has 1 fully saturated rings. The van der Waals surface area contributed by atoms with Crippen molar-refractivity contribution in [1.29, 1.82) is 0 Å². The minimum Gasteiger partial charge on any atom is -0.389 e. The highest BCUT2D eigenvalue weighted by Gasteiger charge is 2.43. The molecule has 1 aliphatic heterocycles. The first-order valence-corrected chi connectivity index (χ1v) is 6.54. The van der Waals surface area contributed by atoms with Crippen LogP contribution in [-0.2, 0) is 22.3 Å². The summed E-state index contributed by atoms with van der Waals surface area (Å²) in [4.78, 5) is 24.2. The lowest BCUT2D eigenvalue weighted by Gasteiger charge is -2.24. The van der Waals surface area contributed by atoms with Crippen LogP contribution in [0.1, 0.15) is 12.2 Å². The van der Waals surface area contributed by atoms with Crippen molar-refractivity contribution in [3.8, 4) is 0 Å². The minimum atomic E-state index is -4.91. The van der Waals surface area contributed by atoms with Crippen molar-refractivity contribution in [2.24, 2.45) is 0 Å². The topological polar surface area (TPSA) is 120 Å². The maximum absolute atomic E-state index is 12.8. The van der Waals surface area contributed by atoms with Gasteiger partial charge in [-0.25, -0.2) is 4.98 Å². The fourth-order valence-corrected chi connectivity index (χ4v) is 2.19. The predicted octanol–water partition coefficient (Wildman–Crippen LogP) is 0.0761. The summed E-state index contributed by atoms with van der Waals surface area (Å²) in [7, 11) is 0. The number of amides is 1. The van der Waals surface area contributed by atoms with Crippen molar-refractivity contribution in [3.63, 3.8) is 0 Å². The maximum Gasteiger partial charge on any atom is 0.473 e. The molecule has 1 amide bonds. The van der Waals surface area contributed by atoms with E-state index in [2.05, 4.69) is 10.3 Å². The molecule has 0 aromatic carbocycles. The van der Waals surface area contributed by atoms with E-state index in [-0.39, 0.29) is 17.6 Å². The van der Waals surface area contributed by atoms with E-state index >= 15 is 0 Å². The van der Waals surface area contributed by atoms with Crippen molar-refractivity contribution in [2.75, 3.05) is 13.2 Å². The second-order valence-electron chi connectivity index (χ2n) is 4.85. The van der Waals surface area contributed by atoms with Gasteiger partial charge >= 0.3 is 17.8 Å². The average molecular weight is 338 g/mol. The van der Waals surface area contributed by atoms with Gasteiger partial charge in [-0.1, -0.05) is 0 Å². The number of rotatable bonds is 5. The van der Waals surface area contributed by atoms with Crippen LogP contribution < -0.4 is 5.32 Å². The smallest absolute Gasteiger partial charge is 0.389 e. The minimum absolute atomic E-state index is 0.210. The van der Waals surface area contributed by atoms with Gasteiger partial charge in [0.1, 0.15) is 18.8 Å². The number of halogens is 3. The van der Waals surface area contributed by atoms with Gasteiger partial charge in [0.25, 0.3) is 0 Å². The van der Waals surface area contributed by atoms with E-state index in [1.807, 2.05) is 0 Å². The number of hydrogen-bond acceptors (Lipinski definition) is 6. The summed E-state index contributed by atoms with van der Waals surface area (Å²) in [5.41, 5.74) is 0. The first-order chi connectivity index (χ1) is 10.7. The molecule has 2 rings (SSSR count). The summed E-state index contributed by atoms with van der Waals surface area (Å²) >= 11 is 0. The summed E-state index contributed by atoms with van der Waals surface area (Å²) in [6, 6.07) is 0. The first kappa shape index (κ1) is 17.1. The largest absolute Gasteiger partial charge is 0.473 e. The summed E-state index contributed by atoms with van der Waals surface area (Å²) < 4.78 is 43.8. The van der Waals surface area contributed by atoms with Crippen LogP contribution in [0.25, 0.3) is 0 Å². The van der Waals surface area contributed by atoms with Crippen LogP contribution in [0.4, 0.5) is 19.0 Å². The molecule has 2 unspecified atom stereocenters. The van der Waals surface area contributed by atoms with Crippen molar-refractivity contribution < 1.29 is 32.7 Å². The molecule has 2 N–H and O–H groups in total. The Hall–Kier alpha value is -2.21. The van der Waals surface area contributed by atoms with Crippen LogP contribution in [0, 0.1) is 10.1 Å². The number of alkyl halides is 3. The molecule has 0 saturated carbocycles. The second-order valence-corrected chi connectivity index (χ2v) is 4.85. The summed E-state index contributed by atoms with van der Waals surface area (Å²) in [5, 5.41) is 23.2. The zero-order valence-corrected chi connectivity index (χ0v) is 11.6. The third-order valence-corrected chi connectivity index (χ3v) is 3.17. The average Bonchev–Trinajstić information content (AvgIpc) is 2.85. The second kappa shape index (κ2) is 6.50. The van der Waals surface area contributed by atoms with Gasteiger partial charge in [-0.05, 0) is 4.92 Å². The van der Waals surface area contributed by atoms with Crippen LogP contribution in [0.2, 0.25) is 0 Å². The number of nitrogens with one attached hydrogen (secondary N) is 1. The molecule has 12 heteroatoms. The number of hydrogen-bond donors (Lipinski definition) is 2. The Morgan fingerprint density at radius 3 is 2.87 bits per heavy atom. The van der Waals surface area contributed by atoms with Gasteiger partial charge in [-0.15, -0.1) is 0 Å². The number of imidazole rings is 1. The Morgan fingerprint density at radius 2 is 2.30 bits per heavy atom. The molecule has 23 heavy (non-hydrogen) atoms. The van der Waals surface area contributed by atoms with Gasteiger partial charge in [0.2, 0.25) is 5.91 Å². The van der Waals surface area contributed by atoms with Gasteiger partial charge in [0.15, 0.2) is 0 Å². The van der Waals surface area contributed by atoms with E-state index < -0.39 is 47.4 Å². The van der Waals surface area contributed by atoms with Gasteiger partial charge in [0.05, 0.1) is 12.7 Å². The fourth-order valence-electron chi connectivity index (χ4n) is 2.19. The maximum atomic E-state index is 12.8. The number of carbonyl (C=O) groups excluding carboxylic acids is 1. The highest BCUT2D eigenvalue weighted by molar-refractivity contribution is 5.81. The molecule has 0 spiro atoms. The number of carbonyl (C=O) groups is 1. The number of aliphatic hydroxyl groups is 1. The summed E-state index contributed by atoms with van der Waals surface area (Å²) in [6.07, 6.45) is -7.21. The Labute approximate surface area is 127 Å². The number of nitrogens with zero attached hydrogens (tertiary/aromatic N) is 3. The third kappa shape index (κ3) is 3.96. The summed E-state index contributed by atoms with van der Waals surface area (Å²) in [6.45, 7) is -0.225. The standard InChI is InChI=1S/C11H13F3N4O5/c12-11(13,14)10-16-4-8(18(21)22)17(10)5-6(19)3-7-9(20)15-1-2-23-7/h4,6-7,19H,1-3,5H2,(H,15,20). The van der Waals surface area contributed by atoms with Crippen LogP contribution in [0.5, 0.6) is 0 Å². The van der Waals surface area contributed by atoms with E-state index in [0.717, 1.165) is 0 Å². The number of aliphatic hydroxyl groups excluding tert-OH is 1. The zero-order valence-electron chi connectivity index (χ0n) is 11.6. The molecule has 0 radical (unpaired) electrons. The normalized spacial score (nSPS) is 20.2. The molecule has 1 saturated heterocycles. The Balaban J connectivity index is 2.16. The van der Waals surface area contributed by atoms with Gasteiger partial charge in [-0.2, -0.15) is 17.7 Å². The Bertz CT molecular complexity index is 603. The van der Waals surface area contributed by atoms with Crippen LogP contribution >= 0.6 is 0 Å². The van der Waals surface area contributed by atoms with Crippen LogP contribution in [0.3, 0.4) is 0 Å². The first-order valence-electron chi connectivity index (χ1n) is 6.54. The molecule has 0 aliphatic carbocycles. The highest BCUT2D eigenvalue weighted by Crippen LogP contribution is 2.31. The van der Waals surface area contributed by atoms with E-state index in [9.17, 15) is 33.2 Å². The number of morpholine rings is 1. The molecule has 9 nitrogen and oxygen atoms in total. The zero-order chi connectivity index (χ0) is 17.2. The monoisotopic (exact) mass is 338 g/mol. The van der Waals surface area contributed by atoms with Gasteiger partial charge in [0, 0.05) is 13.0 Å². The quantitative estimate of drug-likeness (QED) is 0.579. The SMILES string of the molecule is O=C1NCCOC1CC(O)Cn1c([N+](=O)[O-])cnc1C(F)(F)F. The molecule has 128 valence electrons. The Kier molecular flexibility index (Phi) is 4.85. The molecule has 0 bridgehead atoms. The van der Waals surface area contributed by atoms with Crippen molar-refractivity contribution >= 4 is 11.7 Å².